The van der Waals surface area contributed by atoms with Crippen molar-refractivity contribution < 1.29 is 18.3 Å². The van der Waals surface area contributed by atoms with Crippen LogP contribution in [0.1, 0.15) is 11.1 Å². The molecule has 2 aromatic carbocycles. The first-order chi connectivity index (χ1) is 17.6. The molecule has 0 saturated carbocycles. The van der Waals surface area contributed by atoms with Gasteiger partial charge in [-0.05, 0) is 35.9 Å². The number of aromatic nitrogens is 1. The number of pyridine rings is 1. The van der Waals surface area contributed by atoms with Crippen molar-refractivity contribution in [2.75, 3.05) is 44.3 Å². The first-order valence-electron chi connectivity index (χ1n) is 11.8. The van der Waals surface area contributed by atoms with Gasteiger partial charge in [-0.1, -0.05) is 6.07 Å². The minimum atomic E-state index is -1.22. The lowest BCUT2D eigenvalue weighted by atomic mass is 9.78. The highest BCUT2D eigenvalue weighted by molar-refractivity contribution is 6.13. The summed E-state index contributed by atoms with van der Waals surface area (Å²) in [5.74, 6) is 0.355. The molecule has 36 heavy (non-hydrogen) atoms. The molecular formula is C26H22F2N6O2. The highest BCUT2D eigenvalue weighted by Gasteiger charge is 2.55. The Morgan fingerprint density at radius 1 is 1.00 bits per heavy atom. The number of aliphatic imine (C=N–C) groups is 2. The molecule has 7 rings (SSSR count). The molecule has 1 atom stereocenters. The molecule has 1 saturated heterocycles. The van der Waals surface area contributed by atoms with Gasteiger partial charge < -0.3 is 20.1 Å². The number of benzene rings is 2. The summed E-state index contributed by atoms with van der Waals surface area (Å²) in [4.78, 5) is 17.4. The number of ether oxygens (including phenoxy) is 2. The average molecular weight is 488 g/mol. The number of rotatable bonds is 2. The Hall–Kier alpha value is -4.05. The normalized spacial score (nSPS) is 22.1. The number of nitrogens with two attached hydrogens (primary N) is 1. The molecule has 1 spiro atoms. The van der Waals surface area contributed by atoms with Crippen LogP contribution in [0.4, 0.5) is 14.5 Å². The Kier molecular flexibility index (Phi) is 4.56. The Morgan fingerprint density at radius 3 is 2.69 bits per heavy atom. The second kappa shape index (κ2) is 7.72. The van der Waals surface area contributed by atoms with Crippen molar-refractivity contribution in [3.63, 3.8) is 0 Å². The largest absolute Gasteiger partial charge is 0.453 e. The third-order valence-electron chi connectivity index (χ3n) is 7.17. The summed E-state index contributed by atoms with van der Waals surface area (Å²) >= 11 is 0. The van der Waals surface area contributed by atoms with Crippen LogP contribution >= 0.6 is 0 Å². The van der Waals surface area contributed by atoms with Gasteiger partial charge in [0.05, 0.1) is 19.8 Å². The van der Waals surface area contributed by atoms with E-state index in [2.05, 4.69) is 9.88 Å². The number of hydrogen-bond donors (Lipinski definition) is 1. The smallest absolute Gasteiger partial charge is 0.220 e. The predicted octanol–water partition coefficient (Wildman–Crippen LogP) is 3.26. The summed E-state index contributed by atoms with van der Waals surface area (Å²) in [7, 11) is 0. The molecule has 0 bridgehead atoms. The van der Waals surface area contributed by atoms with E-state index < -0.39 is 17.3 Å². The maximum Gasteiger partial charge on any atom is 0.220 e. The average Bonchev–Trinajstić information content (AvgIpc) is 3.49. The fraction of sp³-hybridized carbons (Fsp3) is 0.269. The van der Waals surface area contributed by atoms with E-state index in [0.717, 1.165) is 0 Å². The highest BCUT2D eigenvalue weighted by Crippen LogP contribution is 2.55. The molecule has 182 valence electrons. The molecule has 1 fully saturated rings. The molecule has 1 unspecified atom stereocenters. The molecule has 3 aromatic rings. The van der Waals surface area contributed by atoms with Crippen molar-refractivity contribution in [1.29, 1.82) is 0 Å². The van der Waals surface area contributed by atoms with Gasteiger partial charge in [0.15, 0.2) is 23.1 Å². The molecule has 2 N–H and O–H groups in total. The Bertz CT molecular complexity index is 1470. The van der Waals surface area contributed by atoms with Crippen molar-refractivity contribution in [2.24, 2.45) is 15.7 Å². The van der Waals surface area contributed by atoms with Gasteiger partial charge in [-0.3, -0.25) is 9.89 Å². The Labute approximate surface area is 205 Å². The molecule has 10 heteroatoms. The Morgan fingerprint density at radius 2 is 1.86 bits per heavy atom. The fourth-order valence-corrected chi connectivity index (χ4v) is 5.50. The van der Waals surface area contributed by atoms with Crippen LogP contribution in [0, 0.1) is 11.8 Å². The SMILES string of the molecule is NC1=NC2(C3=NCCN13)c1cc(-c3cccnc3F)ccc1Oc1c(F)cc(N3CCOCC3)cc12. The standard InChI is InChI=1S/C26H22F2N6O2/c27-20-14-16(33-8-10-35-11-9-33)13-19-22(20)36-21-4-3-15(17-2-1-5-30-23(17)28)12-18(21)26(19)24-31-6-7-34(24)25(29)32-26/h1-5,12-14H,6-11H2,(H2,29,32). The van der Waals surface area contributed by atoms with Gasteiger partial charge in [0, 0.05) is 54.3 Å². The van der Waals surface area contributed by atoms with Gasteiger partial charge in [0.1, 0.15) is 11.6 Å². The number of morpholine rings is 1. The summed E-state index contributed by atoms with van der Waals surface area (Å²) in [6.45, 7) is 3.54. The molecule has 4 aliphatic heterocycles. The lowest BCUT2D eigenvalue weighted by molar-refractivity contribution is 0.122. The maximum atomic E-state index is 15.7. The number of hydrogen-bond acceptors (Lipinski definition) is 8. The fourth-order valence-electron chi connectivity index (χ4n) is 5.50. The van der Waals surface area contributed by atoms with Crippen LogP contribution < -0.4 is 15.4 Å². The minimum Gasteiger partial charge on any atom is -0.453 e. The summed E-state index contributed by atoms with van der Waals surface area (Å²) < 4.78 is 41.9. The number of nitrogens with zero attached hydrogens (tertiary/aromatic N) is 5. The van der Waals surface area contributed by atoms with Crippen molar-refractivity contribution in [3.8, 4) is 22.6 Å². The van der Waals surface area contributed by atoms with Crippen molar-refractivity contribution in [2.45, 2.75) is 5.54 Å². The van der Waals surface area contributed by atoms with E-state index in [4.69, 9.17) is 25.2 Å². The van der Waals surface area contributed by atoms with Crippen LogP contribution in [-0.4, -0.2) is 61.1 Å². The van der Waals surface area contributed by atoms with E-state index in [0.29, 0.717) is 84.9 Å². The zero-order chi connectivity index (χ0) is 24.4. The molecular weight excluding hydrogens is 466 g/mol. The van der Waals surface area contributed by atoms with Crippen LogP contribution in [0.3, 0.4) is 0 Å². The zero-order valence-electron chi connectivity index (χ0n) is 19.2. The zero-order valence-corrected chi connectivity index (χ0v) is 19.2. The summed E-state index contributed by atoms with van der Waals surface area (Å²) in [5, 5.41) is 0. The summed E-state index contributed by atoms with van der Waals surface area (Å²) in [6, 6.07) is 12.0. The molecule has 0 radical (unpaired) electrons. The van der Waals surface area contributed by atoms with Gasteiger partial charge >= 0.3 is 0 Å². The first kappa shape index (κ1) is 21.3. The molecule has 4 aliphatic rings. The predicted molar refractivity (Wildman–Crippen MR) is 131 cm³/mol. The van der Waals surface area contributed by atoms with Gasteiger partial charge in [0.25, 0.3) is 0 Å². The number of amidine groups is 1. The van der Waals surface area contributed by atoms with E-state index >= 15 is 4.39 Å². The van der Waals surface area contributed by atoms with Crippen LogP contribution in [0.25, 0.3) is 11.1 Å². The minimum absolute atomic E-state index is 0.0906. The highest BCUT2D eigenvalue weighted by atomic mass is 19.1. The third kappa shape index (κ3) is 2.91. The molecule has 1 aromatic heterocycles. The summed E-state index contributed by atoms with van der Waals surface area (Å²) in [5.41, 5.74) is 7.97. The van der Waals surface area contributed by atoms with E-state index in [1.165, 1.54) is 12.3 Å². The van der Waals surface area contributed by atoms with Gasteiger partial charge in [-0.2, -0.15) is 4.39 Å². The van der Waals surface area contributed by atoms with Gasteiger partial charge in [-0.25, -0.2) is 14.4 Å². The van der Waals surface area contributed by atoms with Gasteiger partial charge in [-0.15, -0.1) is 0 Å². The lowest BCUT2D eigenvalue weighted by Gasteiger charge is -2.37. The van der Waals surface area contributed by atoms with E-state index in [9.17, 15) is 4.39 Å². The number of fused-ring (bicyclic) bond motifs is 6. The Balaban J connectivity index is 1.49. The third-order valence-corrected chi connectivity index (χ3v) is 7.17. The van der Waals surface area contributed by atoms with Crippen molar-refractivity contribution >= 4 is 17.5 Å². The lowest BCUT2D eigenvalue weighted by Crippen LogP contribution is -2.42. The van der Waals surface area contributed by atoms with Crippen molar-refractivity contribution in [3.05, 3.63) is 71.6 Å². The molecule has 0 aliphatic carbocycles. The first-order valence-corrected chi connectivity index (χ1v) is 11.8. The maximum absolute atomic E-state index is 15.7. The quantitative estimate of drug-likeness (QED) is 0.558. The van der Waals surface area contributed by atoms with E-state index in [-0.39, 0.29) is 5.75 Å². The van der Waals surface area contributed by atoms with Crippen LogP contribution in [-0.2, 0) is 10.3 Å². The van der Waals surface area contributed by atoms with Crippen LogP contribution in [0.2, 0.25) is 0 Å². The number of halogens is 2. The number of anilines is 1. The molecule has 0 amide bonds. The monoisotopic (exact) mass is 488 g/mol. The van der Waals surface area contributed by atoms with Crippen LogP contribution in [0.15, 0.2) is 58.6 Å². The number of guanidine groups is 1. The summed E-state index contributed by atoms with van der Waals surface area (Å²) in [6.07, 6.45) is 1.40. The van der Waals surface area contributed by atoms with E-state index in [1.807, 2.05) is 17.0 Å². The molecule has 5 heterocycles. The van der Waals surface area contributed by atoms with Crippen LogP contribution in [0.5, 0.6) is 11.5 Å². The second-order valence-electron chi connectivity index (χ2n) is 9.10. The second-order valence-corrected chi connectivity index (χ2v) is 9.10. The molecule has 8 nitrogen and oxygen atoms in total. The topological polar surface area (TPSA) is 88.6 Å². The van der Waals surface area contributed by atoms with Crippen molar-refractivity contribution in [1.82, 2.24) is 9.88 Å². The van der Waals surface area contributed by atoms with Gasteiger partial charge in [0.2, 0.25) is 5.95 Å². The van der Waals surface area contributed by atoms with E-state index in [1.54, 1.807) is 24.3 Å².